The van der Waals surface area contributed by atoms with E-state index in [9.17, 15) is 21.6 Å². The maximum Gasteiger partial charge on any atom is 0.243 e. The van der Waals surface area contributed by atoms with Gasteiger partial charge < -0.3 is 5.32 Å². The van der Waals surface area contributed by atoms with Crippen LogP contribution < -0.4 is 5.32 Å². The minimum atomic E-state index is -4.05. The average Bonchev–Trinajstić information content (AvgIpc) is 2.94. The first kappa shape index (κ1) is 31.0. The summed E-state index contributed by atoms with van der Waals surface area (Å²) < 4.78 is 56.0. The maximum absolute atomic E-state index is 13.5. The fourth-order valence-electron chi connectivity index (χ4n) is 4.27. The van der Waals surface area contributed by atoms with E-state index in [2.05, 4.69) is 21.2 Å². The number of amides is 1. The summed E-state index contributed by atoms with van der Waals surface area (Å²) in [6.07, 6.45) is 2.73. The van der Waals surface area contributed by atoms with Crippen LogP contribution in [0.5, 0.6) is 0 Å². The molecule has 4 rings (SSSR count). The Morgan fingerprint density at radius 3 is 2.05 bits per heavy atom. The highest BCUT2D eigenvalue weighted by Gasteiger charge is 2.28. The molecule has 8 nitrogen and oxygen atoms in total. The van der Waals surface area contributed by atoms with Gasteiger partial charge in [-0.05, 0) is 72.5 Å². The van der Waals surface area contributed by atoms with Crippen LogP contribution in [0.4, 0.5) is 0 Å². The third-order valence-corrected chi connectivity index (χ3v) is 11.5. The van der Waals surface area contributed by atoms with Crippen LogP contribution in [-0.4, -0.2) is 51.0 Å². The number of carbonyl (C=O) groups excluding carboxylic acids is 1. The van der Waals surface area contributed by atoms with Crippen LogP contribution in [0.15, 0.2) is 81.0 Å². The van der Waals surface area contributed by atoms with Crippen LogP contribution in [-0.2, 0) is 37.9 Å². The summed E-state index contributed by atoms with van der Waals surface area (Å²) in [5.74, 6) is -0.522. The minimum Gasteiger partial charge on any atom is -0.351 e. The van der Waals surface area contributed by atoms with E-state index in [0.717, 1.165) is 28.0 Å². The fraction of sp³-hybridized carbons (Fsp3) is 0.296. The van der Waals surface area contributed by atoms with Crippen molar-refractivity contribution in [2.75, 3.05) is 19.6 Å². The highest BCUT2D eigenvalue weighted by molar-refractivity contribution is 9.10. The van der Waals surface area contributed by atoms with Gasteiger partial charge in [-0.15, -0.1) is 0 Å². The van der Waals surface area contributed by atoms with Gasteiger partial charge in [-0.2, -0.15) is 8.61 Å². The maximum atomic E-state index is 13.5. The molecule has 1 aliphatic heterocycles. The summed E-state index contributed by atoms with van der Waals surface area (Å²) in [4.78, 5) is 13.2. The van der Waals surface area contributed by atoms with E-state index < -0.39 is 32.5 Å². The highest BCUT2D eigenvalue weighted by atomic mass is 79.9. The predicted molar refractivity (Wildman–Crippen MR) is 159 cm³/mol. The van der Waals surface area contributed by atoms with Gasteiger partial charge in [0.15, 0.2) is 0 Å². The second-order valence-electron chi connectivity index (χ2n) is 9.36. The molecule has 40 heavy (non-hydrogen) atoms. The third-order valence-electron chi connectivity index (χ3n) is 6.48. The highest BCUT2D eigenvalue weighted by Crippen LogP contribution is 2.26. The zero-order valence-corrected chi connectivity index (χ0v) is 26.1. The van der Waals surface area contributed by atoms with Crippen molar-refractivity contribution in [1.29, 1.82) is 0 Å². The predicted octanol–water partition coefficient (Wildman–Crippen LogP) is 5.44. The number of halogens is 3. The molecule has 0 spiro atoms. The quantitative estimate of drug-likeness (QED) is 0.306. The van der Waals surface area contributed by atoms with Gasteiger partial charge in [0, 0.05) is 30.7 Å². The van der Waals surface area contributed by atoms with Crippen LogP contribution in [0.25, 0.3) is 0 Å². The number of carbonyl (C=O) groups is 1. The van der Waals surface area contributed by atoms with Gasteiger partial charge in [0.25, 0.3) is 0 Å². The molecule has 1 amide bonds. The topological polar surface area (TPSA) is 104 Å². The van der Waals surface area contributed by atoms with Crippen molar-refractivity contribution in [3.05, 3.63) is 92.4 Å². The number of piperidine rings is 1. The largest absolute Gasteiger partial charge is 0.351 e. The van der Waals surface area contributed by atoms with Gasteiger partial charge >= 0.3 is 0 Å². The number of sulfonamides is 2. The van der Waals surface area contributed by atoms with Crippen molar-refractivity contribution >= 4 is 65.1 Å². The zero-order chi connectivity index (χ0) is 28.9. The molecule has 0 aliphatic carbocycles. The van der Waals surface area contributed by atoms with Crippen molar-refractivity contribution in [1.82, 2.24) is 13.9 Å². The van der Waals surface area contributed by atoms with E-state index in [0.29, 0.717) is 29.2 Å². The summed E-state index contributed by atoms with van der Waals surface area (Å²) in [7, 11) is -7.60. The molecule has 1 N–H and O–H groups in total. The van der Waals surface area contributed by atoms with E-state index in [1.807, 2.05) is 0 Å². The van der Waals surface area contributed by atoms with Crippen molar-refractivity contribution in [2.45, 2.75) is 42.1 Å². The van der Waals surface area contributed by atoms with Crippen LogP contribution in [0, 0.1) is 0 Å². The normalized spacial score (nSPS) is 14.8. The summed E-state index contributed by atoms with van der Waals surface area (Å²) in [6.45, 7) is 0.581. The molecule has 0 saturated carbocycles. The molecule has 0 bridgehead atoms. The minimum absolute atomic E-state index is 0.0362. The molecule has 214 valence electrons. The van der Waals surface area contributed by atoms with Crippen molar-refractivity contribution in [3.63, 3.8) is 0 Å². The van der Waals surface area contributed by atoms with Crippen LogP contribution in [0.1, 0.15) is 30.4 Å². The summed E-state index contributed by atoms with van der Waals surface area (Å²) in [5, 5.41) is 3.34. The molecule has 0 radical (unpaired) electrons. The fourth-order valence-corrected chi connectivity index (χ4v) is 7.76. The Bertz CT molecular complexity index is 1560. The molecule has 13 heteroatoms. The first-order valence-electron chi connectivity index (χ1n) is 12.5. The summed E-state index contributed by atoms with van der Waals surface area (Å²) in [6, 6.07) is 17.3. The molecule has 1 fully saturated rings. The zero-order valence-electron chi connectivity index (χ0n) is 21.4. The van der Waals surface area contributed by atoms with E-state index in [-0.39, 0.29) is 27.9 Å². The molecule has 1 saturated heterocycles. The summed E-state index contributed by atoms with van der Waals surface area (Å²) >= 11 is 15.4. The van der Waals surface area contributed by atoms with Crippen molar-refractivity contribution in [3.8, 4) is 0 Å². The smallest absolute Gasteiger partial charge is 0.243 e. The lowest BCUT2D eigenvalue weighted by atomic mass is 10.2. The number of hydrogen-bond donors (Lipinski definition) is 1. The Balaban J connectivity index is 1.46. The van der Waals surface area contributed by atoms with E-state index in [1.54, 1.807) is 42.5 Å². The Morgan fingerprint density at radius 1 is 0.825 bits per heavy atom. The number of benzene rings is 3. The van der Waals surface area contributed by atoms with Gasteiger partial charge in [-0.3, -0.25) is 4.79 Å². The second kappa shape index (κ2) is 13.3. The SMILES string of the molecule is O=C(CN(Cc1ccc(Cl)c(Cl)c1)S(=O)(=O)c1ccc(Br)cc1)NCc1ccc(S(=O)(=O)N2CCCCC2)cc1. The number of nitrogens with zero attached hydrogens (tertiary/aromatic N) is 2. The molecule has 3 aromatic carbocycles. The van der Waals surface area contributed by atoms with Gasteiger partial charge in [0.1, 0.15) is 0 Å². The molecular weight excluding hydrogens is 661 g/mol. The third kappa shape index (κ3) is 7.64. The van der Waals surface area contributed by atoms with E-state index in [1.165, 1.54) is 28.6 Å². The number of nitrogens with one attached hydrogen (secondary N) is 1. The standard InChI is InChI=1S/C27H28BrCl2N3O5S2/c28-22-7-11-24(12-8-22)40(37,38)33(18-21-6-13-25(29)26(30)16-21)19-27(34)31-17-20-4-9-23(10-5-20)39(35,36)32-14-2-1-3-15-32/h4-13,16H,1-3,14-15,17-19H2,(H,31,34). The van der Waals surface area contributed by atoms with Crippen LogP contribution in [0.3, 0.4) is 0 Å². The van der Waals surface area contributed by atoms with E-state index >= 15 is 0 Å². The van der Waals surface area contributed by atoms with E-state index in [4.69, 9.17) is 23.2 Å². The lowest BCUT2D eigenvalue weighted by Gasteiger charge is -2.25. The Morgan fingerprint density at radius 2 is 1.43 bits per heavy atom. The van der Waals surface area contributed by atoms with Gasteiger partial charge in [-0.1, -0.05) is 63.8 Å². The molecule has 1 aliphatic rings. The summed E-state index contributed by atoms with van der Waals surface area (Å²) in [5.41, 5.74) is 1.24. The molecule has 0 unspecified atom stereocenters. The van der Waals surface area contributed by atoms with Crippen molar-refractivity contribution in [2.24, 2.45) is 0 Å². The monoisotopic (exact) mass is 687 g/mol. The second-order valence-corrected chi connectivity index (χ2v) is 15.0. The Kier molecular flexibility index (Phi) is 10.3. The van der Waals surface area contributed by atoms with Gasteiger partial charge in [0.05, 0.1) is 26.4 Å². The molecule has 3 aromatic rings. The molecule has 0 atom stereocenters. The Labute approximate surface area is 253 Å². The first-order valence-corrected chi connectivity index (χ1v) is 17.0. The number of rotatable bonds is 10. The lowest BCUT2D eigenvalue weighted by Crippen LogP contribution is -2.40. The van der Waals surface area contributed by atoms with Crippen LogP contribution in [0.2, 0.25) is 10.0 Å². The molecule has 0 aromatic heterocycles. The average molecular weight is 689 g/mol. The number of hydrogen-bond acceptors (Lipinski definition) is 5. The van der Waals surface area contributed by atoms with Gasteiger partial charge in [-0.25, -0.2) is 16.8 Å². The van der Waals surface area contributed by atoms with Gasteiger partial charge in [0.2, 0.25) is 26.0 Å². The van der Waals surface area contributed by atoms with Crippen LogP contribution >= 0.6 is 39.1 Å². The molecular formula is C27H28BrCl2N3O5S2. The lowest BCUT2D eigenvalue weighted by molar-refractivity contribution is -0.121. The molecule has 1 heterocycles. The Hall–Kier alpha value is -1.99. The first-order chi connectivity index (χ1) is 19.0. The van der Waals surface area contributed by atoms with Crippen molar-refractivity contribution < 1.29 is 21.6 Å².